The number of benzene rings is 3. The lowest BCUT2D eigenvalue weighted by Crippen LogP contribution is -2.15. The zero-order valence-electron chi connectivity index (χ0n) is 19.5. The molecule has 0 bridgehead atoms. The zero-order chi connectivity index (χ0) is 26.1. The molecule has 0 fully saturated rings. The summed E-state index contributed by atoms with van der Waals surface area (Å²) in [5.74, 6) is -2.24. The quantitative estimate of drug-likeness (QED) is 0.136. The summed E-state index contributed by atoms with van der Waals surface area (Å²) in [4.78, 5) is 36.1. The lowest BCUT2D eigenvalue weighted by atomic mass is 10.0. The highest BCUT2D eigenvalue weighted by molar-refractivity contribution is 6.11. The predicted octanol–water partition coefficient (Wildman–Crippen LogP) is 4.95. The largest absolute Gasteiger partial charge is 0.507 e. The van der Waals surface area contributed by atoms with Gasteiger partial charge in [0.15, 0.2) is 5.78 Å². The minimum Gasteiger partial charge on any atom is -0.507 e. The van der Waals surface area contributed by atoms with Crippen LogP contribution in [0.2, 0.25) is 0 Å². The van der Waals surface area contributed by atoms with E-state index < -0.39 is 17.7 Å². The van der Waals surface area contributed by atoms with E-state index in [2.05, 4.69) is 16.8 Å². The number of phenols is 2. The first kappa shape index (κ1) is 25.8. The van der Waals surface area contributed by atoms with Crippen molar-refractivity contribution in [1.82, 2.24) is 0 Å². The Morgan fingerprint density at radius 3 is 2.31 bits per heavy atom. The first-order valence-electron chi connectivity index (χ1n) is 10.9. The second-order valence-corrected chi connectivity index (χ2v) is 7.74. The van der Waals surface area contributed by atoms with Crippen LogP contribution in [0.5, 0.6) is 11.5 Å². The molecule has 0 saturated carbocycles. The Balaban J connectivity index is 1.66. The van der Waals surface area contributed by atoms with Crippen LogP contribution in [0.1, 0.15) is 28.4 Å². The van der Waals surface area contributed by atoms with E-state index in [1.807, 2.05) is 0 Å². The van der Waals surface area contributed by atoms with Crippen molar-refractivity contribution in [3.63, 3.8) is 0 Å². The average Bonchev–Trinajstić information content (AvgIpc) is 2.86. The Bertz CT molecular complexity index is 1320. The summed E-state index contributed by atoms with van der Waals surface area (Å²) in [5, 5.41) is 28.4. The number of ether oxygens (including phenoxy) is 2. The van der Waals surface area contributed by atoms with Crippen LogP contribution in [-0.4, -0.2) is 41.1 Å². The molecule has 2 N–H and O–H groups in total. The number of aromatic hydroxyl groups is 2. The Hall–Kier alpha value is -4.79. The van der Waals surface area contributed by atoms with Gasteiger partial charge in [-0.15, -0.1) is 5.11 Å². The van der Waals surface area contributed by atoms with Gasteiger partial charge in [-0.3, -0.25) is 9.59 Å². The number of hydrogen-bond acceptors (Lipinski definition) is 9. The molecular formula is C27H24N2O7. The molecule has 184 valence electrons. The maximum absolute atomic E-state index is 12.7. The van der Waals surface area contributed by atoms with Gasteiger partial charge in [0.05, 0.1) is 17.7 Å². The highest BCUT2D eigenvalue weighted by Gasteiger charge is 2.17. The highest BCUT2D eigenvalue weighted by atomic mass is 16.6. The Labute approximate surface area is 207 Å². The number of hydrogen-bond donors (Lipinski definition) is 2. The minimum absolute atomic E-state index is 0.0128. The van der Waals surface area contributed by atoms with Gasteiger partial charge in [0.25, 0.3) is 0 Å². The first-order valence-corrected chi connectivity index (χ1v) is 10.9. The molecule has 9 heteroatoms. The molecule has 0 heterocycles. The summed E-state index contributed by atoms with van der Waals surface area (Å²) in [5.41, 5.74) is 1.57. The Kier molecular flexibility index (Phi) is 8.66. The molecule has 0 aliphatic rings. The molecule has 3 rings (SSSR count). The number of nitrogens with zero attached hydrogens (tertiary/aromatic N) is 2. The molecule has 0 aromatic heterocycles. The molecule has 36 heavy (non-hydrogen) atoms. The molecule has 0 unspecified atom stereocenters. The van der Waals surface area contributed by atoms with Gasteiger partial charge in [0.2, 0.25) is 0 Å². The Morgan fingerprint density at radius 1 is 0.861 bits per heavy atom. The van der Waals surface area contributed by atoms with Crippen molar-refractivity contribution < 1.29 is 34.1 Å². The highest BCUT2D eigenvalue weighted by Crippen LogP contribution is 2.35. The van der Waals surface area contributed by atoms with Crippen LogP contribution in [0, 0.1) is 0 Å². The van der Waals surface area contributed by atoms with E-state index in [4.69, 9.17) is 9.47 Å². The van der Waals surface area contributed by atoms with Crippen molar-refractivity contribution in [2.45, 2.75) is 13.3 Å². The van der Waals surface area contributed by atoms with Gasteiger partial charge in [-0.25, -0.2) is 4.79 Å². The summed E-state index contributed by atoms with van der Waals surface area (Å²) >= 11 is 0. The maximum atomic E-state index is 12.7. The Morgan fingerprint density at radius 2 is 1.58 bits per heavy atom. The molecule has 0 radical (unpaired) electrons. The van der Waals surface area contributed by atoms with Crippen molar-refractivity contribution in [3.05, 3.63) is 95.6 Å². The number of carbonyl (C=O) groups excluding carboxylic acids is 3. The van der Waals surface area contributed by atoms with Gasteiger partial charge < -0.3 is 19.7 Å². The van der Waals surface area contributed by atoms with Crippen molar-refractivity contribution in [2.75, 3.05) is 13.2 Å². The maximum Gasteiger partial charge on any atom is 0.333 e. The summed E-state index contributed by atoms with van der Waals surface area (Å²) < 4.78 is 9.92. The van der Waals surface area contributed by atoms with Gasteiger partial charge in [0.1, 0.15) is 30.4 Å². The van der Waals surface area contributed by atoms with E-state index in [0.29, 0.717) is 16.8 Å². The third kappa shape index (κ3) is 7.10. The van der Waals surface area contributed by atoms with Crippen molar-refractivity contribution >= 4 is 29.1 Å². The van der Waals surface area contributed by atoms with Gasteiger partial charge in [-0.05, 0) is 30.7 Å². The molecule has 0 saturated heterocycles. The predicted molar refractivity (Wildman–Crippen MR) is 131 cm³/mol. The molecule has 0 amide bonds. The number of esters is 2. The summed E-state index contributed by atoms with van der Waals surface area (Å²) in [6.07, 6.45) is -0.0437. The summed E-state index contributed by atoms with van der Waals surface area (Å²) in [6.45, 7) is 4.83. The number of ketones is 1. The molecule has 0 atom stereocenters. The SMILES string of the molecule is C=C(C)C(=O)OCCOC(=O)Cc1cccc(/N=N/c2cc(C(=O)c3ccccc3)c(O)cc2O)c1. The second-order valence-electron chi connectivity index (χ2n) is 7.74. The fourth-order valence-corrected chi connectivity index (χ4v) is 3.04. The van der Waals surface area contributed by atoms with Crippen molar-refractivity contribution in [1.29, 1.82) is 0 Å². The second kappa shape index (κ2) is 12.1. The number of carbonyl (C=O) groups is 3. The van der Waals surface area contributed by atoms with Gasteiger partial charge in [-0.1, -0.05) is 49.0 Å². The van der Waals surface area contributed by atoms with Crippen molar-refractivity contribution in [2.24, 2.45) is 10.2 Å². The van der Waals surface area contributed by atoms with Crippen LogP contribution in [0.25, 0.3) is 0 Å². The average molecular weight is 488 g/mol. The first-order chi connectivity index (χ1) is 17.2. The van der Waals surface area contributed by atoms with Gasteiger partial charge in [0, 0.05) is 17.2 Å². The van der Waals surface area contributed by atoms with Crippen LogP contribution >= 0.6 is 0 Å². The number of rotatable bonds is 10. The van der Waals surface area contributed by atoms with E-state index >= 15 is 0 Å². The zero-order valence-corrected chi connectivity index (χ0v) is 19.5. The third-order valence-corrected chi connectivity index (χ3v) is 4.83. The molecule has 0 spiro atoms. The fraction of sp³-hybridized carbons (Fsp3) is 0.148. The third-order valence-electron chi connectivity index (χ3n) is 4.83. The van der Waals surface area contributed by atoms with Crippen LogP contribution in [0.15, 0.2) is 89.1 Å². The topological polar surface area (TPSA) is 135 Å². The van der Waals surface area contributed by atoms with E-state index in [-0.39, 0.29) is 48.0 Å². The lowest BCUT2D eigenvalue weighted by molar-refractivity contribution is -0.149. The summed E-state index contributed by atoms with van der Waals surface area (Å²) in [7, 11) is 0. The molecule has 3 aromatic rings. The molecular weight excluding hydrogens is 464 g/mol. The van der Waals surface area contributed by atoms with Crippen LogP contribution < -0.4 is 0 Å². The molecule has 0 aliphatic heterocycles. The van der Waals surface area contributed by atoms with E-state index in [0.717, 1.165) is 6.07 Å². The molecule has 3 aromatic carbocycles. The monoisotopic (exact) mass is 488 g/mol. The summed E-state index contributed by atoms with van der Waals surface area (Å²) in [6, 6.07) is 17.3. The van der Waals surface area contributed by atoms with E-state index in [1.54, 1.807) is 54.6 Å². The van der Waals surface area contributed by atoms with Crippen LogP contribution in [0.4, 0.5) is 11.4 Å². The van der Waals surface area contributed by atoms with Gasteiger partial charge >= 0.3 is 11.9 Å². The number of phenolic OH excluding ortho intramolecular Hbond substituents is 2. The smallest absolute Gasteiger partial charge is 0.333 e. The van der Waals surface area contributed by atoms with Crippen molar-refractivity contribution in [3.8, 4) is 11.5 Å². The van der Waals surface area contributed by atoms with Crippen LogP contribution in [-0.2, 0) is 25.5 Å². The normalized spacial score (nSPS) is 10.7. The van der Waals surface area contributed by atoms with E-state index in [1.165, 1.54) is 13.0 Å². The van der Waals surface area contributed by atoms with E-state index in [9.17, 15) is 24.6 Å². The molecule has 0 aliphatic carbocycles. The fourth-order valence-electron chi connectivity index (χ4n) is 3.04. The lowest BCUT2D eigenvalue weighted by Gasteiger charge is -2.07. The standard InChI is InChI=1S/C27H24N2O7/c1-17(2)27(34)36-12-11-35-25(32)14-18-7-6-10-20(13-18)28-29-22-15-21(23(30)16-24(22)31)26(33)19-8-4-3-5-9-19/h3-10,13,15-16,30-31H,1,11-12,14H2,2H3/b29-28+. The van der Waals surface area contributed by atoms with Gasteiger partial charge in [-0.2, -0.15) is 5.11 Å². The minimum atomic E-state index is -0.555. The van der Waals surface area contributed by atoms with Crippen LogP contribution in [0.3, 0.4) is 0 Å². The molecule has 9 nitrogen and oxygen atoms in total. The number of azo groups is 1.